The maximum Gasteiger partial charge on any atom is 0.0650 e. The normalized spacial score (nSPS) is 52.0. The zero-order chi connectivity index (χ0) is 19.4. The zero-order valence-corrected chi connectivity index (χ0v) is 18.5. The second-order valence-electron chi connectivity index (χ2n) is 11.4. The van der Waals surface area contributed by atoms with Crippen LogP contribution in [-0.2, 0) is 0 Å². The molecule has 0 unspecified atom stereocenters. The maximum absolute atomic E-state index is 11.2. The van der Waals surface area contributed by atoms with Crippen molar-refractivity contribution in [3.8, 4) is 0 Å². The third-order valence-corrected chi connectivity index (χ3v) is 10.5. The molecule has 1 N–H and O–H groups in total. The minimum Gasteiger partial charge on any atom is -0.390 e. The van der Waals surface area contributed by atoms with Crippen LogP contribution in [0.1, 0.15) is 105 Å². The average Bonchev–Trinajstić information content (AvgIpc) is 2.99. The van der Waals surface area contributed by atoms with Crippen LogP contribution in [0, 0.1) is 40.4 Å². The van der Waals surface area contributed by atoms with E-state index in [-0.39, 0.29) is 5.60 Å². The number of allylic oxidation sites excluding steroid dienone is 1. The Labute approximate surface area is 168 Å². The van der Waals surface area contributed by atoms with Gasteiger partial charge in [0.15, 0.2) is 0 Å². The molecule has 0 spiro atoms. The largest absolute Gasteiger partial charge is 0.390 e. The van der Waals surface area contributed by atoms with Crippen LogP contribution >= 0.6 is 0 Å². The molecular formula is C26H44O. The van der Waals surface area contributed by atoms with Gasteiger partial charge in [-0.25, -0.2) is 0 Å². The summed E-state index contributed by atoms with van der Waals surface area (Å²) < 4.78 is 0. The van der Waals surface area contributed by atoms with Crippen LogP contribution in [0.2, 0.25) is 0 Å². The lowest BCUT2D eigenvalue weighted by molar-refractivity contribution is -0.160. The Kier molecular flexibility index (Phi) is 5.10. The first kappa shape index (κ1) is 20.0. The molecule has 4 aliphatic rings. The minimum absolute atomic E-state index is 0.355. The molecule has 0 heterocycles. The number of aliphatic hydroxyl groups is 1. The lowest BCUT2D eigenvalue weighted by atomic mass is 9.42. The average molecular weight is 373 g/mol. The highest BCUT2D eigenvalue weighted by Gasteiger charge is 2.61. The molecule has 8 atom stereocenters. The number of fused-ring (bicyclic) bond motifs is 5. The molecule has 27 heavy (non-hydrogen) atoms. The van der Waals surface area contributed by atoms with Crippen molar-refractivity contribution in [1.29, 1.82) is 0 Å². The van der Waals surface area contributed by atoms with Crippen molar-refractivity contribution in [3.63, 3.8) is 0 Å². The molecule has 4 saturated carbocycles. The van der Waals surface area contributed by atoms with E-state index in [9.17, 15) is 5.11 Å². The second-order valence-corrected chi connectivity index (χ2v) is 11.4. The van der Waals surface area contributed by atoms with Crippen LogP contribution in [0.3, 0.4) is 0 Å². The van der Waals surface area contributed by atoms with Gasteiger partial charge in [-0.2, -0.15) is 0 Å². The fourth-order valence-electron chi connectivity index (χ4n) is 9.34. The Morgan fingerprint density at radius 3 is 2.44 bits per heavy atom. The summed E-state index contributed by atoms with van der Waals surface area (Å²) in [6, 6.07) is 0. The molecule has 0 radical (unpaired) electrons. The van der Waals surface area contributed by atoms with Crippen molar-refractivity contribution in [3.05, 3.63) is 12.2 Å². The summed E-state index contributed by atoms with van der Waals surface area (Å²) in [4.78, 5) is 0. The highest BCUT2D eigenvalue weighted by molar-refractivity contribution is 5.16. The molecule has 0 aromatic carbocycles. The molecule has 154 valence electrons. The van der Waals surface area contributed by atoms with E-state index >= 15 is 0 Å². The molecule has 1 nitrogen and oxygen atoms in total. The van der Waals surface area contributed by atoms with Gasteiger partial charge in [-0.3, -0.25) is 0 Å². The Balaban J connectivity index is 1.60. The highest BCUT2D eigenvalue weighted by Crippen LogP contribution is 2.69. The van der Waals surface area contributed by atoms with Crippen LogP contribution in [0.5, 0.6) is 0 Å². The number of rotatable bonds is 4. The van der Waals surface area contributed by atoms with Crippen LogP contribution < -0.4 is 0 Å². The lowest BCUT2D eigenvalue weighted by Crippen LogP contribution is -2.56. The van der Waals surface area contributed by atoms with Gasteiger partial charge in [0.2, 0.25) is 0 Å². The lowest BCUT2D eigenvalue weighted by Gasteiger charge is -2.63. The van der Waals surface area contributed by atoms with Gasteiger partial charge in [0, 0.05) is 0 Å². The topological polar surface area (TPSA) is 20.2 Å². The summed E-state index contributed by atoms with van der Waals surface area (Å²) in [5.41, 5.74) is 2.14. The van der Waals surface area contributed by atoms with Gasteiger partial charge in [-0.15, -0.1) is 0 Å². The molecule has 0 bridgehead atoms. The van der Waals surface area contributed by atoms with Gasteiger partial charge in [0.05, 0.1) is 5.60 Å². The monoisotopic (exact) mass is 372 g/mol. The Bertz CT molecular complexity index is 581. The third kappa shape index (κ3) is 2.89. The van der Waals surface area contributed by atoms with Crippen LogP contribution in [0.15, 0.2) is 12.2 Å². The molecule has 4 fully saturated rings. The van der Waals surface area contributed by atoms with Crippen molar-refractivity contribution >= 4 is 0 Å². The van der Waals surface area contributed by atoms with E-state index in [1.807, 2.05) is 0 Å². The van der Waals surface area contributed by atoms with Crippen molar-refractivity contribution in [2.24, 2.45) is 40.4 Å². The van der Waals surface area contributed by atoms with E-state index < -0.39 is 0 Å². The first-order chi connectivity index (χ1) is 12.8. The predicted molar refractivity (Wildman–Crippen MR) is 115 cm³/mol. The first-order valence-electron chi connectivity index (χ1n) is 12.2. The van der Waals surface area contributed by atoms with Gasteiger partial charge in [0.25, 0.3) is 0 Å². The van der Waals surface area contributed by atoms with E-state index in [0.717, 1.165) is 55.3 Å². The van der Waals surface area contributed by atoms with Crippen molar-refractivity contribution < 1.29 is 5.11 Å². The zero-order valence-electron chi connectivity index (χ0n) is 18.5. The van der Waals surface area contributed by atoms with Gasteiger partial charge in [-0.05, 0) is 118 Å². The first-order valence-corrected chi connectivity index (χ1v) is 12.2. The van der Waals surface area contributed by atoms with Crippen molar-refractivity contribution in [1.82, 2.24) is 0 Å². The van der Waals surface area contributed by atoms with Crippen LogP contribution in [0.4, 0.5) is 0 Å². The third-order valence-electron chi connectivity index (χ3n) is 10.5. The minimum atomic E-state index is -0.355. The standard InChI is InChI=1S/C26H44O/c1-6-13-25(27)15-16-26(7-2)19(17-25)8-9-20-22-11-10-21(18(3)4)24(22,5)14-12-23(20)26/h19-23,27H,3,6-17H2,1-2,4-5H3/t19-,20+,21-,22+,23+,24-,25-,26+/m1/s1. The molecule has 0 amide bonds. The molecular weight excluding hydrogens is 328 g/mol. The molecule has 1 heteroatoms. The SMILES string of the molecule is C=C(C)[C@H]1CC[C@H]2[C@@H]3CC[C@@H]4C[C@@](O)(CCC)CC[C@]4(CC)[C@H]3CC[C@]12C. The summed E-state index contributed by atoms with van der Waals surface area (Å²) >= 11 is 0. The quantitative estimate of drug-likeness (QED) is 0.520. The van der Waals surface area contributed by atoms with E-state index in [0.29, 0.717) is 10.8 Å². The van der Waals surface area contributed by atoms with Crippen molar-refractivity contribution in [2.75, 3.05) is 0 Å². The summed E-state index contributed by atoms with van der Waals surface area (Å²) in [6.45, 7) is 14.0. The summed E-state index contributed by atoms with van der Waals surface area (Å²) in [7, 11) is 0. The van der Waals surface area contributed by atoms with Crippen molar-refractivity contribution in [2.45, 2.75) is 110 Å². The summed E-state index contributed by atoms with van der Waals surface area (Å²) in [5.74, 6) is 4.34. The van der Waals surface area contributed by atoms with E-state index in [4.69, 9.17) is 0 Å². The Hall–Kier alpha value is -0.300. The smallest absolute Gasteiger partial charge is 0.0650 e. The molecule has 0 aromatic heterocycles. The number of hydrogen-bond acceptors (Lipinski definition) is 1. The molecule has 0 saturated heterocycles. The van der Waals surface area contributed by atoms with Crippen LogP contribution in [-0.4, -0.2) is 10.7 Å². The van der Waals surface area contributed by atoms with E-state index in [1.54, 1.807) is 0 Å². The highest BCUT2D eigenvalue weighted by atomic mass is 16.3. The van der Waals surface area contributed by atoms with E-state index in [2.05, 4.69) is 34.3 Å². The molecule has 0 aromatic rings. The number of hydrogen-bond donors (Lipinski definition) is 1. The molecule has 0 aliphatic heterocycles. The molecule has 4 aliphatic carbocycles. The Morgan fingerprint density at radius 1 is 1.00 bits per heavy atom. The summed E-state index contributed by atoms with van der Waals surface area (Å²) in [5, 5.41) is 11.2. The second kappa shape index (κ2) is 6.89. The fraction of sp³-hybridized carbons (Fsp3) is 0.923. The fourth-order valence-corrected chi connectivity index (χ4v) is 9.34. The Morgan fingerprint density at radius 2 is 1.78 bits per heavy atom. The molecule has 4 rings (SSSR count). The maximum atomic E-state index is 11.2. The van der Waals surface area contributed by atoms with Gasteiger partial charge in [0.1, 0.15) is 0 Å². The van der Waals surface area contributed by atoms with Gasteiger partial charge >= 0.3 is 0 Å². The van der Waals surface area contributed by atoms with Gasteiger partial charge in [-0.1, -0.05) is 39.3 Å². The summed E-state index contributed by atoms with van der Waals surface area (Å²) in [6.07, 6.45) is 15.4. The van der Waals surface area contributed by atoms with Gasteiger partial charge < -0.3 is 5.11 Å². The predicted octanol–water partition coefficient (Wildman–Crippen LogP) is 7.14. The van der Waals surface area contributed by atoms with Crippen LogP contribution in [0.25, 0.3) is 0 Å². The van der Waals surface area contributed by atoms with E-state index in [1.165, 1.54) is 56.9 Å².